The van der Waals surface area contributed by atoms with E-state index < -0.39 is 0 Å². The molecule has 2 rings (SSSR count). The fourth-order valence-electron chi connectivity index (χ4n) is 2.96. The second kappa shape index (κ2) is 6.98. The van der Waals surface area contributed by atoms with Gasteiger partial charge in [0.15, 0.2) is 0 Å². The minimum atomic E-state index is 0.637. The fraction of sp³-hybridized carbons (Fsp3) is 0.647. The molecule has 0 aliphatic heterocycles. The summed E-state index contributed by atoms with van der Waals surface area (Å²) in [4.78, 5) is 0. The Labute approximate surface area is 122 Å². The third kappa shape index (κ3) is 3.89. The highest BCUT2D eigenvalue weighted by Crippen LogP contribution is 2.29. The Morgan fingerprint density at radius 3 is 2.20 bits per heavy atom. The Morgan fingerprint density at radius 2 is 1.65 bits per heavy atom. The van der Waals surface area contributed by atoms with Crippen LogP contribution in [0.25, 0.3) is 0 Å². The number of hydrogen-bond acceptors (Lipinski definition) is 3. The molecule has 3 heteroatoms. The molecule has 0 bridgehead atoms. The van der Waals surface area contributed by atoms with Gasteiger partial charge in [0.05, 0.1) is 14.2 Å². The van der Waals surface area contributed by atoms with E-state index in [2.05, 4.69) is 31.3 Å². The van der Waals surface area contributed by atoms with E-state index >= 15 is 0 Å². The Bertz CT molecular complexity index is 411. The Hall–Kier alpha value is -1.22. The van der Waals surface area contributed by atoms with Gasteiger partial charge in [-0.2, -0.15) is 0 Å². The Morgan fingerprint density at radius 1 is 1.00 bits per heavy atom. The number of rotatable bonds is 5. The second-order valence-electron chi connectivity index (χ2n) is 6.07. The molecule has 112 valence electrons. The van der Waals surface area contributed by atoms with Crippen LogP contribution >= 0.6 is 0 Å². The predicted molar refractivity (Wildman–Crippen MR) is 82.4 cm³/mol. The van der Waals surface area contributed by atoms with Crippen LogP contribution in [0.5, 0.6) is 11.5 Å². The first-order valence-electron chi connectivity index (χ1n) is 7.57. The van der Waals surface area contributed by atoms with E-state index in [4.69, 9.17) is 9.47 Å². The minimum absolute atomic E-state index is 0.637. The molecular formula is C17H27NO2. The predicted octanol–water partition coefficient (Wildman–Crippen LogP) is 3.62. The van der Waals surface area contributed by atoms with Gasteiger partial charge < -0.3 is 14.8 Å². The van der Waals surface area contributed by atoms with Crippen molar-refractivity contribution in [1.82, 2.24) is 5.32 Å². The molecule has 0 spiro atoms. The molecule has 1 saturated carbocycles. The molecule has 1 aromatic rings. The van der Waals surface area contributed by atoms with E-state index in [-0.39, 0.29) is 0 Å². The van der Waals surface area contributed by atoms with Gasteiger partial charge in [-0.1, -0.05) is 13.8 Å². The zero-order valence-electron chi connectivity index (χ0n) is 13.1. The van der Waals surface area contributed by atoms with Gasteiger partial charge in [0.25, 0.3) is 0 Å². The molecule has 0 heterocycles. The van der Waals surface area contributed by atoms with Crippen molar-refractivity contribution in [3.8, 4) is 11.5 Å². The van der Waals surface area contributed by atoms with E-state index in [1.807, 2.05) is 6.07 Å². The van der Waals surface area contributed by atoms with Gasteiger partial charge in [0.2, 0.25) is 0 Å². The molecule has 0 amide bonds. The standard InChI is InChI=1S/C17H27NO2/c1-12-5-6-15(7-13(12)2)18-11-14-8-16(19-3)10-17(9-14)20-4/h8-10,12-13,15,18H,5-7,11H2,1-4H3. The molecule has 20 heavy (non-hydrogen) atoms. The van der Waals surface area contributed by atoms with Crippen LogP contribution < -0.4 is 14.8 Å². The highest BCUT2D eigenvalue weighted by molar-refractivity contribution is 5.38. The van der Waals surface area contributed by atoms with Crippen molar-refractivity contribution >= 4 is 0 Å². The monoisotopic (exact) mass is 277 g/mol. The number of methoxy groups -OCH3 is 2. The first-order chi connectivity index (χ1) is 9.62. The van der Waals surface area contributed by atoms with Crippen molar-refractivity contribution in [3.63, 3.8) is 0 Å². The molecule has 0 radical (unpaired) electrons. The lowest BCUT2D eigenvalue weighted by Gasteiger charge is -2.32. The average Bonchev–Trinajstić information content (AvgIpc) is 2.48. The minimum Gasteiger partial charge on any atom is -0.497 e. The van der Waals surface area contributed by atoms with Crippen LogP contribution in [-0.2, 0) is 6.54 Å². The van der Waals surface area contributed by atoms with Crippen molar-refractivity contribution in [1.29, 1.82) is 0 Å². The fourth-order valence-corrected chi connectivity index (χ4v) is 2.96. The smallest absolute Gasteiger partial charge is 0.122 e. The molecule has 0 aromatic heterocycles. The molecule has 1 aromatic carbocycles. The van der Waals surface area contributed by atoms with Gasteiger partial charge >= 0.3 is 0 Å². The lowest BCUT2D eigenvalue weighted by atomic mass is 9.79. The van der Waals surface area contributed by atoms with Gasteiger partial charge in [-0.25, -0.2) is 0 Å². The lowest BCUT2D eigenvalue weighted by molar-refractivity contribution is 0.225. The Balaban J connectivity index is 1.93. The zero-order valence-corrected chi connectivity index (χ0v) is 13.1. The molecular weight excluding hydrogens is 250 g/mol. The quantitative estimate of drug-likeness (QED) is 0.891. The molecule has 0 saturated heterocycles. The van der Waals surface area contributed by atoms with E-state index in [1.54, 1.807) is 14.2 Å². The summed E-state index contributed by atoms with van der Waals surface area (Å²) >= 11 is 0. The zero-order chi connectivity index (χ0) is 14.5. The molecule has 3 atom stereocenters. The summed E-state index contributed by atoms with van der Waals surface area (Å²) in [5.74, 6) is 3.39. The van der Waals surface area contributed by atoms with Crippen molar-refractivity contribution in [2.75, 3.05) is 14.2 Å². The van der Waals surface area contributed by atoms with Gasteiger partial charge in [-0.05, 0) is 48.8 Å². The Kier molecular flexibility index (Phi) is 5.30. The third-order valence-electron chi connectivity index (χ3n) is 4.60. The van der Waals surface area contributed by atoms with Crippen LogP contribution in [0, 0.1) is 11.8 Å². The van der Waals surface area contributed by atoms with Crippen LogP contribution in [0.1, 0.15) is 38.7 Å². The molecule has 3 nitrogen and oxygen atoms in total. The van der Waals surface area contributed by atoms with E-state index in [1.165, 1.54) is 24.8 Å². The molecule has 3 unspecified atom stereocenters. The topological polar surface area (TPSA) is 30.5 Å². The first-order valence-corrected chi connectivity index (χ1v) is 7.57. The molecule has 1 aliphatic carbocycles. The van der Waals surface area contributed by atoms with E-state index in [0.717, 1.165) is 29.9 Å². The van der Waals surface area contributed by atoms with Crippen molar-refractivity contribution in [2.45, 2.75) is 45.7 Å². The lowest BCUT2D eigenvalue weighted by Crippen LogP contribution is -2.35. The summed E-state index contributed by atoms with van der Waals surface area (Å²) in [6.07, 6.45) is 3.90. The number of nitrogens with one attached hydrogen (secondary N) is 1. The summed E-state index contributed by atoms with van der Waals surface area (Å²) in [6.45, 7) is 5.61. The summed E-state index contributed by atoms with van der Waals surface area (Å²) < 4.78 is 10.6. The first kappa shape index (κ1) is 15.2. The summed E-state index contributed by atoms with van der Waals surface area (Å²) in [5.41, 5.74) is 1.22. The molecule has 1 N–H and O–H groups in total. The SMILES string of the molecule is COc1cc(CNC2CCC(C)C(C)C2)cc(OC)c1. The van der Waals surface area contributed by atoms with Crippen molar-refractivity contribution < 1.29 is 9.47 Å². The summed E-state index contributed by atoms with van der Waals surface area (Å²) in [5, 5.41) is 3.68. The van der Waals surface area contributed by atoms with Crippen LogP contribution in [0.3, 0.4) is 0 Å². The number of ether oxygens (including phenoxy) is 2. The van der Waals surface area contributed by atoms with Gasteiger partial charge in [0.1, 0.15) is 11.5 Å². The van der Waals surface area contributed by atoms with Crippen LogP contribution in [0.2, 0.25) is 0 Å². The average molecular weight is 277 g/mol. The van der Waals surface area contributed by atoms with Gasteiger partial charge in [-0.15, -0.1) is 0 Å². The highest BCUT2D eigenvalue weighted by atomic mass is 16.5. The maximum absolute atomic E-state index is 5.31. The number of hydrogen-bond donors (Lipinski definition) is 1. The van der Waals surface area contributed by atoms with Crippen molar-refractivity contribution in [2.24, 2.45) is 11.8 Å². The third-order valence-corrected chi connectivity index (χ3v) is 4.60. The van der Waals surface area contributed by atoms with Crippen LogP contribution in [0.15, 0.2) is 18.2 Å². The largest absolute Gasteiger partial charge is 0.497 e. The number of benzene rings is 1. The normalized spacial score (nSPS) is 26.3. The van der Waals surface area contributed by atoms with E-state index in [0.29, 0.717) is 6.04 Å². The van der Waals surface area contributed by atoms with E-state index in [9.17, 15) is 0 Å². The van der Waals surface area contributed by atoms with Gasteiger partial charge in [0, 0.05) is 18.7 Å². The second-order valence-corrected chi connectivity index (χ2v) is 6.07. The molecule has 1 fully saturated rings. The molecule has 1 aliphatic rings. The van der Waals surface area contributed by atoms with Gasteiger partial charge in [-0.3, -0.25) is 0 Å². The summed E-state index contributed by atoms with van der Waals surface area (Å²) in [7, 11) is 3.38. The maximum atomic E-state index is 5.31. The maximum Gasteiger partial charge on any atom is 0.122 e. The highest BCUT2D eigenvalue weighted by Gasteiger charge is 2.23. The summed E-state index contributed by atoms with van der Waals surface area (Å²) in [6, 6.07) is 6.70. The van der Waals surface area contributed by atoms with Crippen LogP contribution in [-0.4, -0.2) is 20.3 Å². The van der Waals surface area contributed by atoms with Crippen molar-refractivity contribution in [3.05, 3.63) is 23.8 Å². The van der Waals surface area contributed by atoms with Crippen LogP contribution in [0.4, 0.5) is 0 Å².